The summed E-state index contributed by atoms with van der Waals surface area (Å²) in [5.74, 6) is 10.2. The van der Waals surface area contributed by atoms with Gasteiger partial charge in [0.05, 0.1) is 0 Å². The number of nitrogens with one attached hydrogen (secondary N) is 2. The summed E-state index contributed by atoms with van der Waals surface area (Å²) >= 11 is 5.58. The highest BCUT2D eigenvalue weighted by molar-refractivity contribution is 9.10. The van der Waals surface area contributed by atoms with E-state index in [0.29, 0.717) is 0 Å². The third kappa shape index (κ3) is 4.61. The van der Waals surface area contributed by atoms with Crippen molar-refractivity contribution in [1.29, 1.82) is 11.1 Å². The summed E-state index contributed by atoms with van der Waals surface area (Å²) in [4.78, 5) is 1.49. The van der Waals surface area contributed by atoms with Gasteiger partial charge >= 0.3 is 0 Å². The normalized spacial score (nSPS) is 12.3. The Hall–Kier alpha value is -1.46. The quantitative estimate of drug-likeness (QED) is 0.160. The van der Waals surface area contributed by atoms with Gasteiger partial charge in [0, 0.05) is 14.3 Å². The van der Waals surface area contributed by atoms with E-state index in [-0.39, 0.29) is 10.3 Å². The molecule has 1 rings (SSSR count). The van der Waals surface area contributed by atoms with Crippen LogP contribution in [0.1, 0.15) is 0 Å². The molecule has 0 aliphatic rings. The molecule has 6 N–H and O–H groups in total. The van der Waals surface area contributed by atoms with Crippen LogP contribution in [-0.2, 0) is 0 Å². The van der Waals surface area contributed by atoms with Crippen molar-refractivity contribution in [2.75, 3.05) is 0 Å². The largest absolute Gasteiger partial charge is 0.321 e. The van der Waals surface area contributed by atoms with E-state index in [9.17, 15) is 0 Å². The lowest BCUT2D eigenvalue weighted by Crippen LogP contribution is -1.95. The average Bonchev–Trinajstić information content (AvgIpc) is 2.43. The monoisotopic (exact) mass is 360 g/mol. The Bertz CT molecular complexity index is 544. The third-order valence-electron chi connectivity index (χ3n) is 1.72. The molecule has 11 heteroatoms. The maximum absolute atomic E-state index is 6.93. The van der Waals surface area contributed by atoms with E-state index >= 15 is 0 Å². The van der Waals surface area contributed by atoms with Crippen molar-refractivity contribution in [3.8, 4) is 0 Å². The number of thioether (sulfide) groups is 2. The summed E-state index contributed by atoms with van der Waals surface area (Å²) in [6, 6.07) is 5.43. The lowest BCUT2D eigenvalue weighted by atomic mass is 10.4. The van der Waals surface area contributed by atoms with Crippen molar-refractivity contribution in [2.45, 2.75) is 9.79 Å². The van der Waals surface area contributed by atoms with Crippen LogP contribution in [0.3, 0.4) is 0 Å². The van der Waals surface area contributed by atoms with Gasteiger partial charge in [0.15, 0.2) is 0 Å². The van der Waals surface area contributed by atoms with Crippen LogP contribution < -0.4 is 11.7 Å². The maximum Gasteiger partial charge on any atom is 0.230 e. The van der Waals surface area contributed by atoms with E-state index in [0.717, 1.165) is 37.8 Å². The highest BCUT2D eigenvalue weighted by atomic mass is 79.9. The molecule has 0 aliphatic carbocycles. The van der Waals surface area contributed by atoms with Gasteiger partial charge in [-0.05, 0) is 41.7 Å². The first-order valence-corrected chi connectivity index (χ1v) is 7.03. The lowest BCUT2D eigenvalue weighted by molar-refractivity contribution is 1.15. The zero-order valence-corrected chi connectivity index (χ0v) is 12.6. The highest BCUT2D eigenvalue weighted by Gasteiger charge is 2.11. The van der Waals surface area contributed by atoms with Gasteiger partial charge in [-0.15, -0.1) is 10.2 Å². The van der Waals surface area contributed by atoms with E-state index < -0.39 is 0 Å². The van der Waals surface area contributed by atoms with Gasteiger partial charge < -0.3 is 11.7 Å². The molecule has 8 nitrogen and oxygen atoms in total. The van der Waals surface area contributed by atoms with Crippen molar-refractivity contribution in [3.05, 3.63) is 22.7 Å². The first kappa shape index (κ1) is 15.6. The van der Waals surface area contributed by atoms with Crippen molar-refractivity contribution in [2.24, 2.45) is 32.1 Å². The Balaban J connectivity index is 3.10. The SMILES string of the molecule is N=NC(=NN)Sc1ccc(Br)cc1SC(N=N)=NN. The standard InChI is InChI=1S/C8H9BrN8S2/c9-4-1-2-5(18-7(14-10)15-11)6(3-4)19-8(16-12)17-13/h1-3,10,12H,11,13H2. The number of nitrogens with two attached hydrogens (primary N) is 2. The summed E-state index contributed by atoms with van der Waals surface area (Å²) in [6.07, 6.45) is 0. The molecule has 0 saturated carbocycles. The first-order chi connectivity index (χ1) is 9.14. The number of benzene rings is 1. The van der Waals surface area contributed by atoms with Gasteiger partial charge in [0.1, 0.15) is 0 Å². The maximum atomic E-state index is 6.93. The van der Waals surface area contributed by atoms with Gasteiger partial charge in [0.2, 0.25) is 10.3 Å². The molecular weight excluding hydrogens is 352 g/mol. The van der Waals surface area contributed by atoms with E-state index in [1.54, 1.807) is 12.1 Å². The smallest absolute Gasteiger partial charge is 0.230 e. The minimum Gasteiger partial charge on any atom is -0.321 e. The Kier molecular flexibility index (Phi) is 6.45. The highest BCUT2D eigenvalue weighted by Crippen LogP contribution is 2.34. The van der Waals surface area contributed by atoms with Crippen LogP contribution in [0.15, 0.2) is 52.9 Å². The molecule has 0 atom stereocenters. The molecule has 1 aromatic carbocycles. The van der Waals surface area contributed by atoms with Crippen LogP contribution in [-0.4, -0.2) is 10.3 Å². The van der Waals surface area contributed by atoms with E-state index in [1.165, 1.54) is 0 Å². The van der Waals surface area contributed by atoms with Crippen molar-refractivity contribution in [3.63, 3.8) is 0 Å². The minimum atomic E-state index is 0.106. The number of nitrogens with zero attached hydrogens (tertiary/aromatic N) is 4. The van der Waals surface area contributed by atoms with Gasteiger partial charge in [-0.25, -0.2) is 11.1 Å². The molecule has 0 bridgehead atoms. The first-order valence-electron chi connectivity index (χ1n) is 4.60. The molecule has 0 aliphatic heterocycles. The van der Waals surface area contributed by atoms with Crippen molar-refractivity contribution < 1.29 is 0 Å². The molecule has 0 spiro atoms. The molecule has 0 fully saturated rings. The fraction of sp³-hybridized carbons (Fsp3) is 0. The molecule has 0 unspecified atom stereocenters. The number of hydrogen-bond acceptors (Lipinski definition) is 8. The van der Waals surface area contributed by atoms with Crippen molar-refractivity contribution >= 4 is 49.8 Å². The van der Waals surface area contributed by atoms with Gasteiger partial charge in [-0.1, -0.05) is 15.9 Å². The molecule has 0 heterocycles. The fourth-order valence-electron chi connectivity index (χ4n) is 0.999. The fourth-order valence-corrected chi connectivity index (χ4v) is 3.00. The summed E-state index contributed by atoms with van der Waals surface area (Å²) in [5, 5.41) is 13.3. The zero-order valence-electron chi connectivity index (χ0n) is 9.37. The Morgan fingerprint density at radius 1 is 1.00 bits per heavy atom. The van der Waals surface area contributed by atoms with Gasteiger partial charge in [-0.3, -0.25) is 0 Å². The predicted octanol–water partition coefficient (Wildman–Crippen LogP) is 3.15. The third-order valence-corrected chi connectivity index (χ3v) is 4.24. The average molecular weight is 361 g/mol. The topological polar surface area (TPSA) is 149 Å². The zero-order chi connectivity index (χ0) is 14.3. The number of halogens is 1. The number of hydrogen-bond donors (Lipinski definition) is 4. The van der Waals surface area contributed by atoms with Crippen LogP contribution in [0.25, 0.3) is 0 Å². The summed E-state index contributed by atoms with van der Waals surface area (Å²) in [6.45, 7) is 0. The van der Waals surface area contributed by atoms with E-state index in [2.05, 4.69) is 36.4 Å². The molecule has 0 amide bonds. The molecule has 0 aromatic heterocycles. The predicted molar refractivity (Wildman–Crippen MR) is 79.4 cm³/mol. The second-order valence-corrected chi connectivity index (χ2v) is 5.78. The van der Waals surface area contributed by atoms with Crippen LogP contribution in [0.4, 0.5) is 0 Å². The van der Waals surface area contributed by atoms with E-state index in [1.807, 2.05) is 6.07 Å². The Labute approximate surface area is 125 Å². The second kappa shape index (κ2) is 7.86. The van der Waals surface area contributed by atoms with Crippen LogP contribution in [0, 0.1) is 11.1 Å². The minimum absolute atomic E-state index is 0.106. The van der Waals surface area contributed by atoms with E-state index in [4.69, 9.17) is 22.7 Å². The van der Waals surface area contributed by atoms with Gasteiger partial charge in [-0.2, -0.15) is 10.2 Å². The second-order valence-electron chi connectivity index (χ2n) is 2.84. The van der Waals surface area contributed by atoms with Crippen molar-refractivity contribution in [1.82, 2.24) is 0 Å². The number of amidine groups is 2. The molecular formula is C8H9BrN8S2. The van der Waals surface area contributed by atoms with Crippen LogP contribution in [0.2, 0.25) is 0 Å². The van der Waals surface area contributed by atoms with Gasteiger partial charge in [0.25, 0.3) is 0 Å². The summed E-state index contributed by atoms with van der Waals surface area (Å²) in [7, 11) is 0. The summed E-state index contributed by atoms with van der Waals surface area (Å²) < 4.78 is 0.842. The summed E-state index contributed by atoms with van der Waals surface area (Å²) in [5.41, 5.74) is 13.9. The number of hydrazone groups is 2. The molecule has 0 radical (unpaired) electrons. The molecule has 19 heavy (non-hydrogen) atoms. The Morgan fingerprint density at radius 2 is 1.53 bits per heavy atom. The molecule has 0 saturated heterocycles. The lowest BCUT2D eigenvalue weighted by Gasteiger charge is -2.07. The molecule has 100 valence electrons. The molecule has 1 aromatic rings. The van der Waals surface area contributed by atoms with Crippen LogP contribution >= 0.6 is 39.5 Å². The number of rotatable bonds is 2. The van der Waals surface area contributed by atoms with Crippen LogP contribution in [0.5, 0.6) is 0 Å². The Morgan fingerprint density at radius 3 is 2.00 bits per heavy atom.